The zero-order valence-electron chi connectivity index (χ0n) is 26.5. The molecule has 1 nitrogen and oxygen atoms in total. The maximum absolute atomic E-state index is 3.05. The van der Waals surface area contributed by atoms with Crippen molar-refractivity contribution in [2.75, 3.05) is 11.2 Å². The molecule has 1 aromatic rings. The molecule has 0 aromatic heterocycles. The van der Waals surface area contributed by atoms with Crippen LogP contribution < -0.4 is 4.90 Å². The van der Waals surface area contributed by atoms with Crippen molar-refractivity contribution in [1.29, 1.82) is 0 Å². The Balaban J connectivity index is 4.53. The molecular weight excluding hydrogens is 478 g/mol. The normalized spacial score (nSPS) is 15.1. The molecule has 0 spiro atoms. The van der Waals surface area contributed by atoms with Crippen LogP contribution in [0.2, 0.25) is 58.9 Å². The Labute approximate surface area is 220 Å². The summed E-state index contributed by atoms with van der Waals surface area (Å²) in [4.78, 5) is 3.05. The lowest BCUT2D eigenvalue weighted by molar-refractivity contribution is 0.545. The lowest BCUT2D eigenvalue weighted by Gasteiger charge is -2.65. The number of anilines is 1. The minimum Gasteiger partial charge on any atom is -0.342 e. The third-order valence-electron chi connectivity index (χ3n) is 7.75. The molecule has 0 radical (unpaired) electrons. The highest BCUT2D eigenvalue weighted by molar-refractivity contribution is 7.18. The second-order valence-corrected chi connectivity index (χ2v) is 34.4. The monoisotopic (exact) mass is 538 g/mol. The molecule has 0 N–H and O–H groups in total. The first-order valence-electron chi connectivity index (χ1n) is 13.4. The third kappa shape index (κ3) is 5.81. The minimum absolute atomic E-state index is 0.0805. The summed E-state index contributed by atoms with van der Waals surface area (Å²) in [6, 6.07) is 5.17. The van der Waals surface area contributed by atoms with Gasteiger partial charge in [0.1, 0.15) is 6.29 Å². The molecule has 0 aliphatic carbocycles. The average Bonchev–Trinajstić information content (AvgIpc) is 2.52. The maximum atomic E-state index is 3.05. The Bertz CT molecular complexity index is 793. The van der Waals surface area contributed by atoms with Crippen LogP contribution in [0.4, 0.5) is 5.69 Å². The van der Waals surface area contributed by atoms with E-state index in [0.29, 0.717) is 4.41 Å². The van der Waals surface area contributed by atoms with Crippen LogP contribution in [0.25, 0.3) is 0 Å². The molecule has 0 aliphatic rings. The Morgan fingerprint density at radius 2 is 0.882 bits per heavy atom. The SMILES string of the molecule is CC(C)(C)c1cc(C(C)(C)C)c(N(C[PH3+])C([Si](C)(C)C)([Si](C)(C)C)[Si](C)(C)C)c(C(C)(C)C)c1. The van der Waals surface area contributed by atoms with Crippen molar-refractivity contribution in [3.63, 3.8) is 0 Å². The van der Waals surface area contributed by atoms with E-state index in [1.807, 2.05) is 0 Å². The van der Waals surface area contributed by atoms with Gasteiger partial charge in [0.2, 0.25) is 0 Å². The third-order valence-corrected chi connectivity index (χ3v) is 29.0. The summed E-state index contributed by atoms with van der Waals surface area (Å²) in [5.41, 5.74) is 6.45. The molecule has 1 aromatic carbocycles. The Hall–Kier alpha value is 0.101. The van der Waals surface area contributed by atoms with Crippen LogP contribution in [0.15, 0.2) is 12.1 Å². The summed E-state index contributed by atoms with van der Waals surface area (Å²) in [7, 11) is -2.72. The van der Waals surface area contributed by atoms with Gasteiger partial charge in [-0.05, 0) is 42.2 Å². The van der Waals surface area contributed by atoms with Crippen molar-refractivity contribution in [2.45, 2.75) is 142 Å². The van der Waals surface area contributed by atoms with Gasteiger partial charge >= 0.3 is 0 Å². The fourth-order valence-electron chi connectivity index (χ4n) is 7.54. The van der Waals surface area contributed by atoms with E-state index < -0.39 is 24.2 Å². The molecule has 0 saturated heterocycles. The van der Waals surface area contributed by atoms with Gasteiger partial charge < -0.3 is 4.90 Å². The first-order chi connectivity index (χ1) is 14.7. The summed E-state index contributed by atoms with van der Waals surface area (Å²) in [5.74, 6) is 0. The molecule has 0 fully saturated rings. The quantitative estimate of drug-likeness (QED) is 0.257. The lowest BCUT2D eigenvalue weighted by Crippen LogP contribution is -2.84. The molecule has 0 aliphatic heterocycles. The highest BCUT2D eigenvalue weighted by atomic mass is 31.0. The van der Waals surface area contributed by atoms with Crippen LogP contribution in [0, 0.1) is 0 Å². The molecule has 0 bridgehead atoms. The van der Waals surface area contributed by atoms with Gasteiger partial charge in [-0.2, -0.15) is 0 Å². The second kappa shape index (κ2) is 9.44. The molecule has 34 heavy (non-hydrogen) atoms. The number of benzene rings is 1. The van der Waals surface area contributed by atoms with Crippen molar-refractivity contribution in [3.8, 4) is 0 Å². The summed E-state index contributed by atoms with van der Waals surface area (Å²) < 4.78 is 0.331. The predicted octanol–water partition coefficient (Wildman–Crippen LogP) is 9.32. The van der Waals surface area contributed by atoms with Crippen LogP contribution in [-0.2, 0) is 16.2 Å². The molecule has 1 rings (SSSR count). The van der Waals surface area contributed by atoms with Crippen LogP contribution in [-0.4, -0.2) is 34.9 Å². The van der Waals surface area contributed by atoms with E-state index in [1.165, 1.54) is 5.56 Å². The van der Waals surface area contributed by atoms with E-state index in [4.69, 9.17) is 0 Å². The summed E-state index contributed by atoms with van der Waals surface area (Å²) >= 11 is 0. The fourth-order valence-corrected chi connectivity index (χ4v) is 38.9. The average molecular weight is 539 g/mol. The topological polar surface area (TPSA) is 3.24 Å². The van der Waals surface area contributed by atoms with E-state index in [9.17, 15) is 0 Å². The largest absolute Gasteiger partial charge is 0.342 e. The molecule has 1 unspecified atom stereocenters. The number of nitrogens with zero attached hydrogens (tertiary/aromatic N) is 1. The van der Waals surface area contributed by atoms with E-state index in [0.717, 1.165) is 6.29 Å². The molecule has 0 heterocycles. The minimum atomic E-state index is -1.64. The highest BCUT2D eigenvalue weighted by Gasteiger charge is 2.64. The van der Waals surface area contributed by atoms with E-state index >= 15 is 0 Å². The van der Waals surface area contributed by atoms with Crippen molar-refractivity contribution in [2.24, 2.45) is 0 Å². The first kappa shape index (κ1) is 32.1. The Kier molecular flexibility index (Phi) is 8.92. The number of hydrogen-bond donors (Lipinski definition) is 0. The zero-order chi connectivity index (χ0) is 27.5. The van der Waals surface area contributed by atoms with E-state index in [1.54, 1.807) is 16.8 Å². The fraction of sp³-hybridized carbons (Fsp3) is 0.793. The highest BCUT2D eigenvalue weighted by Crippen LogP contribution is 2.51. The van der Waals surface area contributed by atoms with Gasteiger partial charge in [0.15, 0.2) is 0 Å². The second-order valence-electron chi connectivity index (χ2n) is 16.8. The van der Waals surface area contributed by atoms with Crippen LogP contribution in [0.1, 0.15) is 79.0 Å². The van der Waals surface area contributed by atoms with E-state index in [-0.39, 0.29) is 16.2 Å². The van der Waals surface area contributed by atoms with Gasteiger partial charge in [-0.15, -0.1) is 0 Å². The summed E-state index contributed by atoms with van der Waals surface area (Å²) in [6.45, 7) is 45.8. The van der Waals surface area contributed by atoms with Gasteiger partial charge in [0.05, 0.1) is 24.2 Å². The molecule has 0 saturated carbocycles. The van der Waals surface area contributed by atoms with Crippen molar-refractivity contribution >= 4 is 39.1 Å². The predicted molar refractivity (Wildman–Crippen MR) is 174 cm³/mol. The number of rotatable bonds is 6. The van der Waals surface area contributed by atoms with Gasteiger partial charge in [-0.25, -0.2) is 0 Å². The standard InChI is InChI=1S/C29H60NPSi3/c1-26(2,3)22-19-23(27(4,5)6)25(24(20-22)28(7,8)9)30(21-31)29(32(10,11)12,33(13,14)15)34(16,17)18/h19-20H,21,31H2,1-18H3/p+1. The molecule has 1 atom stereocenters. The Morgan fingerprint density at radius 3 is 1.06 bits per heavy atom. The number of hydrogen-bond acceptors (Lipinski definition) is 1. The van der Waals surface area contributed by atoms with Gasteiger partial charge in [0.25, 0.3) is 0 Å². The van der Waals surface area contributed by atoms with E-state index in [2.05, 4.69) is 148 Å². The smallest absolute Gasteiger partial charge is 0.122 e. The van der Waals surface area contributed by atoms with Gasteiger partial charge in [-0.1, -0.05) is 133 Å². The van der Waals surface area contributed by atoms with Crippen LogP contribution >= 0.6 is 9.24 Å². The van der Waals surface area contributed by atoms with Crippen molar-refractivity contribution in [3.05, 3.63) is 28.8 Å². The van der Waals surface area contributed by atoms with Gasteiger partial charge in [0, 0.05) is 10.1 Å². The summed E-state index contributed by atoms with van der Waals surface area (Å²) in [6.07, 6.45) is 1.11. The van der Waals surface area contributed by atoms with Crippen molar-refractivity contribution in [1.82, 2.24) is 0 Å². The van der Waals surface area contributed by atoms with Crippen LogP contribution in [0.5, 0.6) is 0 Å². The molecule has 5 heteroatoms. The zero-order valence-corrected chi connectivity index (χ0v) is 30.9. The maximum Gasteiger partial charge on any atom is 0.122 e. The molecule has 198 valence electrons. The van der Waals surface area contributed by atoms with Crippen LogP contribution in [0.3, 0.4) is 0 Å². The molecule has 0 amide bonds. The Morgan fingerprint density at radius 1 is 0.588 bits per heavy atom. The molecular formula is C29H61NPSi3+. The van der Waals surface area contributed by atoms with Crippen molar-refractivity contribution < 1.29 is 0 Å². The lowest BCUT2D eigenvalue weighted by atomic mass is 9.74. The first-order valence-corrected chi connectivity index (χ1v) is 24.9. The summed E-state index contributed by atoms with van der Waals surface area (Å²) in [5, 5.41) is 0. The van der Waals surface area contributed by atoms with Gasteiger partial charge in [-0.3, -0.25) is 0 Å².